The summed E-state index contributed by atoms with van der Waals surface area (Å²) < 4.78 is 0. The van der Waals surface area contributed by atoms with E-state index in [1.54, 1.807) is 6.07 Å². The minimum Gasteiger partial charge on any atom is -0.341 e. The summed E-state index contributed by atoms with van der Waals surface area (Å²) in [6, 6.07) is 18.5. The molecule has 1 aromatic heterocycles. The van der Waals surface area contributed by atoms with Crippen molar-refractivity contribution in [1.82, 2.24) is 14.8 Å². The summed E-state index contributed by atoms with van der Waals surface area (Å²) in [7, 11) is 2.12. The van der Waals surface area contributed by atoms with E-state index in [1.165, 1.54) is 18.4 Å². The van der Waals surface area contributed by atoms with Crippen LogP contribution in [0.5, 0.6) is 0 Å². The van der Waals surface area contributed by atoms with Gasteiger partial charge in [0, 0.05) is 39.8 Å². The van der Waals surface area contributed by atoms with Gasteiger partial charge in [0.25, 0.3) is 0 Å². The van der Waals surface area contributed by atoms with Gasteiger partial charge in [-0.2, -0.15) is 5.26 Å². The van der Waals surface area contributed by atoms with Gasteiger partial charge < -0.3 is 4.90 Å². The topological polar surface area (TPSA) is 46.4 Å². The quantitative estimate of drug-likeness (QED) is 0.832. The Morgan fingerprint density at radius 3 is 2.42 bits per heavy atom. The summed E-state index contributed by atoms with van der Waals surface area (Å²) >= 11 is 0. The van der Waals surface area contributed by atoms with Crippen LogP contribution in [0.3, 0.4) is 0 Å². The lowest BCUT2D eigenvalue weighted by molar-refractivity contribution is 0.0805. The predicted octanol–water partition coefficient (Wildman–Crippen LogP) is 2.70. The van der Waals surface area contributed by atoms with Crippen molar-refractivity contribution in [3.63, 3.8) is 0 Å². The molecule has 2 aromatic rings. The molecule has 1 aliphatic carbocycles. The third kappa shape index (κ3) is 3.31. The number of anilines is 1. The minimum atomic E-state index is 0.0832. The third-order valence-electron chi connectivity index (χ3n) is 5.72. The van der Waals surface area contributed by atoms with Crippen LogP contribution < -0.4 is 4.90 Å². The summed E-state index contributed by atoms with van der Waals surface area (Å²) in [6.45, 7) is 5.37. The van der Waals surface area contributed by atoms with Crippen molar-refractivity contribution in [2.45, 2.75) is 25.0 Å². The molecule has 0 bridgehead atoms. The molecular formula is C21H25N5. The average Bonchev–Trinajstić information content (AvgIpc) is 3.51. The maximum Gasteiger partial charge on any atom is 0.142 e. The molecule has 0 N–H and O–H groups in total. The molecule has 134 valence electrons. The Kier molecular flexibility index (Phi) is 4.62. The van der Waals surface area contributed by atoms with Crippen LogP contribution in [0.15, 0.2) is 48.5 Å². The number of nitriles is 1. The fourth-order valence-corrected chi connectivity index (χ4v) is 4.02. The summed E-state index contributed by atoms with van der Waals surface area (Å²) in [6.07, 6.45) is 2.33. The first-order valence-corrected chi connectivity index (χ1v) is 9.34. The molecule has 2 fully saturated rings. The molecule has 1 aliphatic heterocycles. The smallest absolute Gasteiger partial charge is 0.142 e. The van der Waals surface area contributed by atoms with Crippen LogP contribution >= 0.6 is 0 Å². The van der Waals surface area contributed by atoms with Crippen LogP contribution in [0.2, 0.25) is 0 Å². The van der Waals surface area contributed by atoms with E-state index in [0.29, 0.717) is 5.69 Å². The van der Waals surface area contributed by atoms with Crippen LogP contribution in [-0.2, 0) is 6.54 Å². The van der Waals surface area contributed by atoms with E-state index < -0.39 is 0 Å². The van der Waals surface area contributed by atoms with Crippen molar-refractivity contribution in [2.75, 3.05) is 38.1 Å². The molecule has 26 heavy (non-hydrogen) atoms. The van der Waals surface area contributed by atoms with Gasteiger partial charge in [-0.3, -0.25) is 9.80 Å². The van der Waals surface area contributed by atoms with E-state index in [1.807, 2.05) is 12.1 Å². The van der Waals surface area contributed by atoms with E-state index in [-0.39, 0.29) is 5.66 Å². The third-order valence-corrected chi connectivity index (χ3v) is 5.72. The van der Waals surface area contributed by atoms with Gasteiger partial charge in [-0.1, -0.05) is 36.4 Å². The maximum absolute atomic E-state index is 9.11. The van der Waals surface area contributed by atoms with Gasteiger partial charge in [-0.25, -0.2) is 4.98 Å². The van der Waals surface area contributed by atoms with Gasteiger partial charge in [-0.05, 0) is 30.5 Å². The molecule has 5 nitrogen and oxygen atoms in total. The second-order valence-corrected chi connectivity index (χ2v) is 7.28. The molecule has 0 spiro atoms. The number of aromatic nitrogens is 1. The van der Waals surface area contributed by atoms with Crippen molar-refractivity contribution in [2.24, 2.45) is 0 Å². The van der Waals surface area contributed by atoms with Crippen molar-refractivity contribution < 1.29 is 0 Å². The molecule has 1 aromatic carbocycles. The number of hydrogen-bond donors (Lipinski definition) is 0. The van der Waals surface area contributed by atoms with Crippen LogP contribution in [0.1, 0.15) is 24.1 Å². The molecule has 0 radical (unpaired) electrons. The fraction of sp³-hybridized carbons (Fsp3) is 0.429. The van der Waals surface area contributed by atoms with Gasteiger partial charge in [0.15, 0.2) is 0 Å². The second-order valence-electron chi connectivity index (χ2n) is 7.28. The van der Waals surface area contributed by atoms with Crippen molar-refractivity contribution in [1.29, 1.82) is 5.26 Å². The van der Waals surface area contributed by atoms with Crippen LogP contribution in [0.4, 0.5) is 5.82 Å². The van der Waals surface area contributed by atoms with E-state index in [2.05, 4.69) is 63.1 Å². The highest BCUT2D eigenvalue weighted by Crippen LogP contribution is 2.46. The van der Waals surface area contributed by atoms with Gasteiger partial charge in [0.05, 0.1) is 5.66 Å². The monoisotopic (exact) mass is 347 g/mol. The Labute approximate surface area is 155 Å². The highest BCUT2D eigenvalue weighted by molar-refractivity contribution is 5.45. The highest BCUT2D eigenvalue weighted by Gasteiger charge is 2.52. The Hall–Kier alpha value is -2.42. The number of benzene rings is 1. The molecule has 0 amide bonds. The zero-order chi connectivity index (χ0) is 18.0. The van der Waals surface area contributed by atoms with Crippen LogP contribution in [-0.4, -0.2) is 53.7 Å². The van der Waals surface area contributed by atoms with Crippen LogP contribution in [0.25, 0.3) is 0 Å². The molecule has 5 heteroatoms. The second kappa shape index (κ2) is 7.06. The average molecular weight is 347 g/mol. The SMILES string of the molecule is CN(c1cccc(C#N)n1)C1(N2CCN(Cc3ccccc3)CC2)CC1. The van der Waals surface area contributed by atoms with E-state index >= 15 is 0 Å². The van der Waals surface area contributed by atoms with E-state index in [0.717, 1.165) is 38.5 Å². The molecule has 2 aliphatic rings. The first-order chi connectivity index (χ1) is 12.7. The van der Waals surface area contributed by atoms with Gasteiger partial charge in [0.2, 0.25) is 0 Å². The largest absolute Gasteiger partial charge is 0.341 e. The molecular weight excluding hydrogens is 322 g/mol. The Morgan fingerprint density at radius 2 is 1.77 bits per heavy atom. The zero-order valence-corrected chi connectivity index (χ0v) is 15.3. The van der Waals surface area contributed by atoms with E-state index in [4.69, 9.17) is 5.26 Å². The van der Waals surface area contributed by atoms with Gasteiger partial charge >= 0.3 is 0 Å². The molecule has 1 saturated carbocycles. The van der Waals surface area contributed by atoms with Crippen molar-refractivity contribution >= 4 is 5.82 Å². The standard InChI is InChI=1S/C21H25N5/c1-24(20-9-5-8-19(16-22)23-20)21(10-11-21)26-14-12-25(13-15-26)17-18-6-3-2-4-7-18/h2-9H,10-15,17H2,1H3. The number of pyridine rings is 1. The molecule has 1 saturated heterocycles. The maximum atomic E-state index is 9.11. The number of nitrogens with zero attached hydrogens (tertiary/aromatic N) is 5. The highest BCUT2D eigenvalue weighted by atomic mass is 15.5. The molecule has 0 atom stereocenters. The van der Waals surface area contributed by atoms with Crippen LogP contribution in [0, 0.1) is 11.3 Å². The Morgan fingerprint density at radius 1 is 1.04 bits per heavy atom. The summed E-state index contributed by atoms with van der Waals surface area (Å²) in [4.78, 5) is 11.9. The summed E-state index contributed by atoms with van der Waals surface area (Å²) in [5.41, 5.74) is 1.95. The molecule has 0 unspecified atom stereocenters. The first-order valence-electron chi connectivity index (χ1n) is 9.34. The van der Waals surface area contributed by atoms with E-state index in [9.17, 15) is 0 Å². The normalized spacial score (nSPS) is 19.7. The molecule has 4 rings (SSSR count). The summed E-state index contributed by atoms with van der Waals surface area (Å²) in [5.74, 6) is 0.897. The first kappa shape index (κ1) is 17.0. The predicted molar refractivity (Wildman–Crippen MR) is 103 cm³/mol. The minimum absolute atomic E-state index is 0.0832. The lowest BCUT2D eigenvalue weighted by atomic mass is 10.2. The van der Waals surface area contributed by atoms with Gasteiger partial charge in [0.1, 0.15) is 17.6 Å². The molecule has 2 heterocycles. The lowest BCUT2D eigenvalue weighted by Crippen LogP contribution is -2.57. The lowest BCUT2D eigenvalue weighted by Gasteiger charge is -2.44. The summed E-state index contributed by atoms with van der Waals surface area (Å²) in [5, 5.41) is 9.11. The van der Waals surface area contributed by atoms with Crippen molar-refractivity contribution in [3.05, 3.63) is 59.8 Å². The fourth-order valence-electron chi connectivity index (χ4n) is 4.02. The Bertz CT molecular complexity index is 786. The van der Waals surface area contributed by atoms with Gasteiger partial charge in [-0.15, -0.1) is 0 Å². The number of rotatable bonds is 5. The van der Waals surface area contributed by atoms with Crippen molar-refractivity contribution in [3.8, 4) is 6.07 Å². The zero-order valence-electron chi connectivity index (χ0n) is 15.3. The Balaban J connectivity index is 1.40. The number of hydrogen-bond acceptors (Lipinski definition) is 5. The number of piperazine rings is 1.